The van der Waals surface area contributed by atoms with Gasteiger partial charge in [0.2, 0.25) is 5.95 Å². The van der Waals surface area contributed by atoms with E-state index in [1.54, 1.807) is 6.20 Å². The summed E-state index contributed by atoms with van der Waals surface area (Å²) in [5, 5.41) is 11.4. The van der Waals surface area contributed by atoms with Crippen LogP contribution in [0.2, 0.25) is 0 Å². The largest absolute Gasteiger partial charge is 0.370 e. The van der Waals surface area contributed by atoms with Gasteiger partial charge >= 0.3 is 0 Å². The molecule has 1 unspecified atom stereocenters. The normalized spacial score (nSPS) is 16.0. The Kier molecular flexibility index (Phi) is 4.79. The average Bonchev–Trinajstić information content (AvgIpc) is 3.10. The van der Waals surface area contributed by atoms with Gasteiger partial charge < -0.3 is 10.6 Å². The first-order valence-electron chi connectivity index (χ1n) is 9.63. The lowest BCUT2D eigenvalue weighted by Crippen LogP contribution is -2.19. The van der Waals surface area contributed by atoms with Gasteiger partial charge in [-0.25, -0.2) is 9.67 Å². The summed E-state index contributed by atoms with van der Waals surface area (Å²) in [5.74, 6) is 1.50. The van der Waals surface area contributed by atoms with Crippen LogP contribution in [0.15, 0.2) is 36.7 Å². The van der Waals surface area contributed by atoms with Crippen molar-refractivity contribution in [1.29, 1.82) is 0 Å². The molecule has 6 heteroatoms. The van der Waals surface area contributed by atoms with E-state index in [0.29, 0.717) is 5.95 Å². The monoisotopic (exact) mass is 362 g/mol. The molecule has 140 valence electrons. The van der Waals surface area contributed by atoms with Gasteiger partial charge in [0.05, 0.1) is 17.9 Å². The van der Waals surface area contributed by atoms with E-state index in [1.165, 1.54) is 22.4 Å². The maximum atomic E-state index is 4.70. The number of rotatable bonds is 5. The Balaban J connectivity index is 1.62. The Morgan fingerprint density at radius 3 is 2.89 bits per heavy atom. The molecule has 0 amide bonds. The second kappa shape index (κ2) is 7.39. The predicted octanol–water partition coefficient (Wildman–Crippen LogP) is 4.20. The van der Waals surface area contributed by atoms with Crippen LogP contribution in [0, 0.1) is 13.8 Å². The number of aromatic nitrogens is 4. The summed E-state index contributed by atoms with van der Waals surface area (Å²) in [6.45, 7) is 7.18. The molecule has 2 heterocycles. The molecular weight excluding hydrogens is 336 g/mol. The lowest BCUT2D eigenvalue weighted by molar-refractivity contribution is 0.581. The highest BCUT2D eigenvalue weighted by Crippen LogP contribution is 2.33. The number of hydrogen-bond acceptors (Lipinski definition) is 5. The molecule has 1 aromatic carbocycles. The molecule has 0 saturated heterocycles. The molecule has 2 aromatic heterocycles. The van der Waals surface area contributed by atoms with E-state index in [4.69, 9.17) is 5.10 Å². The minimum atomic E-state index is 0.186. The third kappa shape index (κ3) is 3.52. The van der Waals surface area contributed by atoms with Crippen molar-refractivity contribution < 1.29 is 0 Å². The standard InChI is InChI=1S/C21H26N6/c1-4-22-20-10-11-23-21(26-20)25-18-6-5-7-19-17(18)13-24-27(19)16-9-8-14(2)15(3)12-16/h8-13,18H,4-7H2,1-3H3,(H2,22,23,25,26). The van der Waals surface area contributed by atoms with E-state index in [-0.39, 0.29) is 6.04 Å². The fraction of sp³-hybridized carbons (Fsp3) is 0.381. The van der Waals surface area contributed by atoms with Crippen LogP contribution in [0.25, 0.3) is 5.69 Å². The highest BCUT2D eigenvalue weighted by molar-refractivity contribution is 5.45. The van der Waals surface area contributed by atoms with Crippen LogP contribution in [-0.4, -0.2) is 26.3 Å². The molecule has 0 aliphatic heterocycles. The fourth-order valence-electron chi connectivity index (χ4n) is 3.65. The number of benzene rings is 1. The average molecular weight is 362 g/mol. The second-order valence-corrected chi connectivity index (χ2v) is 7.11. The van der Waals surface area contributed by atoms with Gasteiger partial charge in [0.25, 0.3) is 0 Å². The first kappa shape index (κ1) is 17.5. The molecule has 3 aromatic rings. The van der Waals surface area contributed by atoms with Crippen molar-refractivity contribution in [2.75, 3.05) is 17.2 Å². The summed E-state index contributed by atoms with van der Waals surface area (Å²) in [5.41, 5.74) is 6.25. The van der Waals surface area contributed by atoms with Gasteiger partial charge in [0.15, 0.2) is 0 Å². The Hall–Kier alpha value is -2.89. The van der Waals surface area contributed by atoms with Crippen molar-refractivity contribution >= 4 is 11.8 Å². The Bertz CT molecular complexity index is 946. The van der Waals surface area contributed by atoms with Gasteiger partial charge in [-0.15, -0.1) is 0 Å². The summed E-state index contributed by atoms with van der Waals surface area (Å²) >= 11 is 0. The van der Waals surface area contributed by atoms with Crippen molar-refractivity contribution in [3.8, 4) is 5.69 Å². The summed E-state index contributed by atoms with van der Waals surface area (Å²) in [4.78, 5) is 8.94. The van der Waals surface area contributed by atoms with Crippen molar-refractivity contribution in [3.63, 3.8) is 0 Å². The molecule has 27 heavy (non-hydrogen) atoms. The molecule has 0 saturated carbocycles. The van der Waals surface area contributed by atoms with E-state index in [2.05, 4.69) is 64.3 Å². The third-order valence-corrected chi connectivity index (χ3v) is 5.23. The van der Waals surface area contributed by atoms with E-state index >= 15 is 0 Å². The number of nitrogens with one attached hydrogen (secondary N) is 2. The van der Waals surface area contributed by atoms with Gasteiger partial charge in [-0.3, -0.25) is 0 Å². The first-order chi connectivity index (χ1) is 13.2. The molecule has 6 nitrogen and oxygen atoms in total. The fourth-order valence-corrected chi connectivity index (χ4v) is 3.65. The molecule has 1 aliphatic rings. The van der Waals surface area contributed by atoms with Crippen LogP contribution in [0.5, 0.6) is 0 Å². The Morgan fingerprint density at radius 2 is 2.07 bits per heavy atom. The zero-order valence-electron chi connectivity index (χ0n) is 16.2. The molecule has 0 spiro atoms. The zero-order valence-corrected chi connectivity index (χ0v) is 16.2. The van der Waals surface area contributed by atoms with E-state index in [1.807, 2.05) is 12.3 Å². The van der Waals surface area contributed by atoms with Gasteiger partial charge in [-0.1, -0.05) is 6.07 Å². The highest BCUT2D eigenvalue weighted by Gasteiger charge is 2.25. The van der Waals surface area contributed by atoms with Crippen LogP contribution < -0.4 is 10.6 Å². The molecule has 2 N–H and O–H groups in total. The van der Waals surface area contributed by atoms with Gasteiger partial charge in [0, 0.05) is 24.0 Å². The van der Waals surface area contributed by atoms with E-state index < -0.39 is 0 Å². The minimum Gasteiger partial charge on any atom is -0.370 e. The van der Waals surface area contributed by atoms with E-state index in [0.717, 1.165) is 37.3 Å². The zero-order chi connectivity index (χ0) is 18.8. The number of hydrogen-bond donors (Lipinski definition) is 2. The smallest absolute Gasteiger partial charge is 0.225 e. The van der Waals surface area contributed by atoms with Crippen LogP contribution in [0.1, 0.15) is 48.2 Å². The van der Waals surface area contributed by atoms with Gasteiger partial charge in [-0.05, 0) is 69.4 Å². The summed E-state index contributed by atoms with van der Waals surface area (Å²) in [6, 6.07) is 8.60. The number of anilines is 2. The van der Waals surface area contributed by atoms with Crippen LogP contribution >= 0.6 is 0 Å². The van der Waals surface area contributed by atoms with E-state index in [9.17, 15) is 0 Å². The SMILES string of the molecule is CCNc1ccnc(NC2CCCc3c2cnn3-c2ccc(C)c(C)c2)n1. The molecule has 0 radical (unpaired) electrons. The Morgan fingerprint density at radius 1 is 1.19 bits per heavy atom. The molecule has 0 fully saturated rings. The van der Waals surface area contributed by atoms with Crippen molar-refractivity contribution in [2.24, 2.45) is 0 Å². The van der Waals surface area contributed by atoms with Gasteiger partial charge in [0.1, 0.15) is 5.82 Å². The lowest BCUT2D eigenvalue weighted by atomic mass is 9.93. The van der Waals surface area contributed by atoms with Crippen molar-refractivity contribution in [3.05, 3.63) is 59.0 Å². The molecule has 0 bridgehead atoms. The molecule has 1 aliphatic carbocycles. The van der Waals surface area contributed by atoms with Crippen molar-refractivity contribution in [1.82, 2.24) is 19.7 Å². The van der Waals surface area contributed by atoms with Crippen molar-refractivity contribution in [2.45, 2.75) is 46.1 Å². The summed E-state index contributed by atoms with van der Waals surface area (Å²) < 4.78 is 2.09. The molecular formula is C21H26N6. The van der Waals surface area contributed by atoms with Gasteiger partial charge in [-0.2, -0.15) is 10.1 Å². The number of aryl methyl sites for hydroxylation is 2. The summed E-state index contributed by atoms with van der Waals surface area (Å²) in [6.07, 6.45) is 7.00. The Labute approximate surface area is 160 Å². The summed E-state index contributed by atoms with van der Waals surface area (Å²) in [7, 11) is 0. The van der Waals surface area contributed by atoms with Crippen LogP contribution in [0.3, 0.4) is 0 Å². The lowest BCUT2D eigenvalue weighted by Gasteiger charge is -2.24. The quantitative estimate of drug-likeness (QED) is 0.712. The number of nitrogens with zero attached hydrogens (tertiary/aromatic N) is 4. The number of fused-ring (bicyclic) bond motifs is 1. The third-order valence-electron chi connectivity index (χ3n) is 5.23. The highest BCUT2D eigenvalue weighted by atomic mass is 15.3. The van der Waals surface area contributed by atoms with Crippen LogP contribution in [0.4, 0.5) is 11.8 Å². The molecule has 1 atom stereocenters. The molecule has 4 rings (SSSR count). The maximum absolute atomic E-state index is 4.70. The first-order valence-corrected chi connectivity index (χ1v) is 9.63. The minimum absolute atomic E-state index is 0.186. The maximum Gasteiger partial charge on any atom is 0.225 e. The topological polar surface area (TPSA) is 67.7 Å². The predicted molar refractivity (Wildman–Crippen MR) is 109 cm³/mol. The second-order valence-electron chi connectivity index (χ2n) is 7.11. The van der Waals surface area contributed by atoms with Crippen LogP contribution in [-0.2, 0) is 6.42 Å².